The lowest BCUT2D eigenvalue weighted by Crippen LogP contribution is -2.37. The Morgan fingerprint density at radius 1 is 1.02 bits per heavy atom. The minimum atomic E-state index is 0.264. The maximum atomic E-state index is 6.25. The van der Waals surface area contributed by atoms with Crippen molar-refractivity contribution in [1.82, 2.24) is 34.8 Å². The summed E-state index contributed by atoms with van der Waals surface area (Å²) in [7, 11) is 0. The summed E-state index contributed by atoms with van der Waals surface area (Å²) in [5.74, 6) is 1.26. The molecule has 3 N–H and O–H groups in total. The lowest BCUT2D eigenvalue weighted by atomic mass is 10.0. The molecule has 2 aromatic heterocycles. The van der Waals surface area contributed by atoms with Crippen LogP contribution < -0.4 is 11.1 Å². The first-order valence-corrected chi connectivity index (χ1v) is 14.8. The third-order valence-electron chi connectivity index (χ3n) is 8.29. The first-order chi connectivity index (χ1) is 20.1. The molecule has 1 unspecified atom stereocenters. The molecule has 1 aliphatic heterocycles. The molecule has 0 bridgehead atoms. The van der Waals surface area contributed by atoms with Gasteiger partial charge in [-0.25, -0.2) is 0 Å². The molecule has 2 aliphatic rings. The largest absolute Gasteiger partial charge is 0.368 e. The van der Waals surface area contributed by atoms with Crippen molar-refractivity contribution in [3.8, 4) is 17.1 Å². The molecule has 6 rings (SSSR count). The monoisotopic (exact) mass is 549 g/mol. The van der Waals surface area contributed by atoms with Crippen LogP contribution in [0.25, 0.3) is 23.2 Å². The van der Waals surface area contributed by atoms with Crippen LogP contribution in [0.3, 0.4) is 0 Å². The molecule has 41 heavy (non-hydrogen) atoms. The Kier molecular flexibility index (Phi) is 8.07. The van der Waals surface area contributed by atoms with Gasteiger partial charge in [-0.15, -0.1) is 15.3 Å². The van der Waals surface area contributed by atoms with Crippen LogP contribution in [0.15, 0.2) is 60.7 Å². The second-order valence-corrected chi connectivity index (χ2v) is 10.9. The summed E-state index contributed by atoms with van der Waals surface area (Å²) >= 11 is 0. The molecule has 4 aromatic rings. The minimum Gasteiger partial charge on any atom is -0.368 e. The second kappa shape index (κ2) is 12.2. The molecule has 2 aromatic carbocycles. The van der Waals surface area contributed by atoms with Gasteiger partial charge >= 0.3 is 0 Å². The van der Waals surface area contributed by atoms with Crippen molar-refractivity contribution in [2.45, 2.75) is 45.6 Å². The number of likely N-dealkylation sites (N-methyl/N-ethyl adjacent to an activating group) is 1. The smallest absolute Gasteiger partial charge is 0.248 e. The second-order valence-electron chi connectivity index (χ2n) is 10.9. The van der Waals surface area contributed by atoms with Crippen LogP contribution in [-0.4, -0.2) is 73.5 Å². The molecule has 0 amide bonds. The predicted octanol–water partition coefficient (Wildman–Crippen LogP) is 4.97. The van der Waals surface area contributed by atoms with Crippen LogP contribution in [0.1, 0.15) is 43.4 Å². The number of nitrogens with zero attached hydrogens (tertiary/aromatic N) is 7. The summed E-state index contributed by atoms with van der Waals surface area (Å²) < 4.78 is 1.55. The van der Waals surface area contributed by atoms with E-state index in [-0.39, 0.29) is 5.95 Å². The third kappa shape index (κ3) is 6.01. The average molecular weight is 550 g/mol. The summed E-state index contributed by atoms with van der Waals surface area (Å²) in [6.45, 7) is 10.1. The molecule has 0 radical (unpaired) electrons. The van der Waals surface area contributed by atoms with Crippen LogP contribution in [0, 0.1) is 0 Å². The van der Waals surface area contributed by atoms with E-state index in [4.69, 9.17) is 5.73 Å². The summed E-state index contributed by atoms with van der Waals surface area (Å²) in [5, 5.41) is 16.9. The molecule has 1 atom stereocenters. The number of rotatable bonds is 9. The van der Waals surface area contributed by atoms with E-state index in [2.05, 4.69) is 97.8 Å². The molecule has 3 heterocycles. The van der Waals surface area contributed by atoms with Crippen molar-refractivity contribution in [3.63, 3.8) is 0 Å². The fourth-order valence-corrected chi connectivity index (χ4v) is 6.08. The van der Waals surface area contributed by atoms with Crippen molar-refractivity contribution >= 4 is 23.7 Å². The van der Waals surface area contributed by atoms with E-state index in [1.165, 1.54) is 18.5 Å². The normalized spacial score (nSPS) is 17.1. The molecule has 9 heteroatoms. The fraction of sp³-hybridized carbons (Fsp3) is 0.375. The van der Waals surface area contributed by atoms with Gasteiger partial charge in [-0.2, -0.15) is 9.67 Å². The number of aryl methyl sites for hydroxylation is 2. The highest BCUT2D eigenvalue weighted by Gasteiger charge is 2.25. The Hall–Kier alpha value is -4.08. The van der Waals surface area contributed by atoms with E-state index in [0.29, 0.717) is 17.8 Å². The van der Waals surface area contributed by atoms with E-state index >= 15 is 0 Å². The van der Waals surface area contributed by atoms with Crippen molar-refractivity contribution in [2.75, 3.05) is 43.8 Å². The highest BCUT2D eigenvalue weighted by Crippen LogP contribution is 2.31. The van der Waals surface area contributed by atoms with Crippen LogP contribution in [0.5, 0.6) is 0 Å². The standard InChI is InChI=1S/C32H39N9/c1-3-40(4-2)27-18-20-39(22-27)19-8-9-23-14-16-26(17-15-23)34-32-35-31(33)41(38-32)29-21-25-12-7-11-24-10-5-6-13-28(24)30(25)37-36-29/h5-6,8-10,13-17,21,27H,3-4,7,11-12,18-20,22H2,1-2H3,(H3,33,34,35,38)/b9-8+. The summed E-state index contributed by atoms with van der Waals surface area (Å²) in [4.78, 5) is 9.53. The van der Waals surface area contributed by atoms with Gasteiger partial charge in [0.15, 0.2) is 5.82 Å². The topological polar surface area (TPSA) is 101 Å². The summed E-state index contributed by atoms with van der Waals surface area (Å²) in [6, 6.07) is 19.4. The zero-order valence-electron chi connectivity index (χ0n) is 24.0. The van der Waals surface area contributed by atoms with Crippen molar-refractivity contribution in [3.05, 3.63) is 77.4 Å². The molecule has 1 saturated heterocycles. The lowest BCUT2D eigenvalue weighted by Gasteiger charge is -2.25. The molecular formula is C32H39N9. The fourth-order valence-electron chi connectivity index (χ4n) is 6.08. The van der Waals surface area contributed by atoms with E-state index < -0.39 is 0 Å². The Bertz CT molecular complexity index is 1500. The maximum Gasteiger partial charge on any atom is 0.248 e. The highest BCUT2D eigenvalue weighted by molar-refractivity contribution is 5.68. The maximum absolute atomic E-state index is 6.25. The molecule has 0 saturated carbocycles. The van der Waals surface area contributed by atoms with E-state index in [0.717, 1.165) is 73.5 Å². The first kappa shape index (κ1) is 27.1. The molecule has 0 spiro atoms. The van der Waals surface area contributed by atoms with Gasteiger partial charge in [0.2, 0.25) is 11.9 Å². The molecule has 1 fully saturated rings. The quantitative estimate of drug-likeness (QED) is 0.302. The Balaban J connectivity index is 1.09. The number of hydrogen-bond acceptors (Lipinski definition) is 8. The number of nitrogen functional groups attached to an aromatic ring is 1. The number of hydrogen-bond donors (Lipinski definition) is 2. The average Bonchev–Trinajstić information content (AvgIpc) is 3.56. The van der Waals surface area contributed by atoms with Gasteiger partial charge in [0, 0.05) is 36.9 Å². The SMILES string of the molecule is CCN(CC)C1CCN(C/C=C/c2ccc(Nc3nc(N)n(-c4cc5c(nn4)-c4ccccc4CCC5)n3)cc2)C1. The molecule has 1 aliphatic carbocycles. The van der Waals surface area contributed by atoms with Gasteiger partial charge < -0.3 is 11.1 Å². The van der Waals surface area contributed by atoms with Crippen LogP contribution in [0.2, 0.25) is 0 Å². The zero-order chi connectivity index (χ0) is 28.2. The first-order valence-electron chi connectivity index (χ1n) is 14.8. The number of aromatic nitrogens is 5. The summed E-state index contributed by atoms with van der Waals surface area (Å²) in [6.07, 6.45) is 8.74. The Morgan fingerprint density at radius 2 is 1.83 bits per heavy atom. The number of nitrogens with two attached hydrogens (primary N) is 1. The molecular weight excluding hydrogens is 510 g/mol. The summed E-state index contributed by atoms with van der Waals surface area (Å²) in [5.41, 5.74) is 12.9. The Labute approximate surface area is 242 Å². The van der Waals surface area contributed by atoms with Gasteiger partial charge in [0.05, 0.1) is 5.69 Å². The van der Waals surface area contributed by atoms with E-state index in [1.807, 2.05) is 18.2 Å². The highest BCUT2D eigenvalue weighted by atomic mass is 15.4. The van der Waals surface area contributed by atoms with Gasteiger partial charge in [-0.1, -0.05) is 62.4 Å². The van der Waals surface area contributed by atoms with Crippen LogP contribution >= 0.6 is 0 Å². The van der Waals surface area contributed by atoms with Crippen molar-refractivity contribution < 1.29 is 0 Å². The number of benzene rings is 2. The van der Waals surface area contributed by atoms with Gasteiger partial charge in [-0.3, -0.25) is 9.80 Å². The third-order valence-corrected chi connectivity index (χ3v) is 8.29. The lowest BCUT2D eigenvalue weighted by molar-refractivity contribution is 0.215. The minimum absolute atomic E-state index is 0.264. The predicted molar refractivity (Wildman–Crippen MR) is 165 cm³/mol. The van der Waals surface area contributed by atoms with E-state index in [9.17, 15) is 0 Å². The number of fused-ring (bicyclic) bond motifs is 3. The van der Waals surface area contributed by atoms with E-state index in [1.54, 1.807) is 4.68 Å². The molecule has 9 nitrogen and oxygen atoms in total. The zero-order valence-corrected chi connectivity index (χ0v) is 24.0. The molecule has 212 valence electrons. The van der Waals surface area contributed by atoms with Gasteiger partial charge in [-0.05, 0) is 73.7 Å². The van der Waals surface area contributed by atoms with Gasteiger partial charge in [0.1, 0.15) is 0 Å². The Morgan fingerprint density at radius 3 is 2.66 bits per heavy atom. The van der Waals surface area contributed by atoms with Crippen molar-refractivity contribution in [1.29, 1.82) is 0 Å². The van der Waals surface area contributed by atoms with Crippen LogP contribution in [0.4, 0.5) is 17.6 Å². The number of anilines is 3. The number of nitrogens with one attached hydrogen (secondary N) is 1. The van der Waals surface area contributed by atoms with Gasteiger partial charge in [0.25, 0.3) is 0 Å². The van der Waals surface area contributed by atoms with Crippen molar-refractivity contribution in [2.24, 2.45) is 0 Å². The van der Waals surface area contributed by atoms with Crippen LogP contribution in [-0.2, 0) is 12.8 Å². The number of likely N-dealkylation sites (tertiary alicyclic amines) is 1.